The molecule has 1 heterocycles. The van der Waals surface area contributed by atoms with Crippen molar-refractivity contribution in [2.75, 3.05) is 6.54 Å². The average Bonchev–Trinajstić information content (AvgIpc) is 3.17. The summed E-state index contributed by atoms with van der Waals surface area (Å²) in [6.07, 6.45) is 2.11. The van der Waals surface area contributed by atoms with E-state index >= 15 is 0 Å². The molecule has 4 rings (SSSR count). The minimum absolute atomic E-state index is 0.0673. The Labute approximate surface area is 196 Å². The smallest absolute Gasteiger partial charge is 0.269 e. The fourth-order valence-electron chi connectivity index (χ4n) is 3.66. The van der Waals surface area contributed by atoms with E-state index in [1.165, 1.54) is 17.7 Å². The largest absolute Gasteiger partial charge is 0.350 e. The maximum Gasteiger partial charge on any atom is 0.269 e. The second-order valence-electron chi connectivity index (χ2n) is 7.97. The van der Waals surface area contributed by atoms with E-state index in [0.29, 0.717) is 18.7 Å². The van der Waals surface area contributed by atoms with Crippen LogP contribution in [0.2, 0.25) is 0 Å². The van der Waals surface area contributed by atoms with Crippen molar-refractivity contribution in [2.45, 2.75) is 31.0 Å². The van der Waals surface area contributed by atoms with Crippen LogP contribution in [0.5, 0.6) is 0 Å². The molecule has 0 atom stereocenters. The summed E-state index contributed by atoms with van der Waals surface area (Å²) in [6, 6.07) is 20.6. The fraction of sp³-hybridized carbons (Fsp3) is 0.192. The standard InChI is InChI=1S/C26H25N3O3S/c1-18-7-10-21(15-19(18)2)26(30)27-13-14-28-16-25(23-5-3-4-6-24(23)28)33-17-20-8-11-22(12-9-20)29(31)32/h3-12,15-16H,13-14,17H2,1-2H3,(H,27,30). The number of hydrogen-bond donors (Lipinski definition) is 1. The third kappa shape index (κ3) is 5.26. The summed E-state index contributed by atoms with van der Waals surface area (Å²) in [5, 5.41) is 15.0. The van der Waals surface area contributed by atoms with Crippen molar-refractivity contribution in [3.63, 3.8) is 0 Å². The lowest BCUT2D eigenvalue weighted by molar-refractivity contribution is -0.384. The first-order valence-electron chi connectivity index (χ1n) is 10.7. The number of hydrogen-bond acceptors (Lipinski definition) is 4. The van der Waals surface area contributed by atoms with Crippen molar-refractivity contribution in [3.05, 3.63) is 105 Å². The Morgan fingerprint density at radius 1 is 1.03 bits per heavy atom. The first-order chi connectivity index (χ1) is 15.9. The molecule has 1 amide bonds. The highest BCUT2D eigenvalue weighted by Gasteiger charge is 2.11. The Balaban J connectivity index is 1.42. The number of non-ortho nitro benzene ring substituents is 1. The molecule has 0 aliphatic rings. The molecule has 33 heavy (non-hydrogen) atoms. The van der Waals surface area contributed by atoms with Gasteiger partial charge < -0.3 is 9.88 Å². The van der Waals surface area contributed by atoms with Crippen molar-refractivity contribution < 1.29 is 9.72 Å². The van der Waals surface area contributed by atoms with Gasteiger partial charge in [-0.15, -0.1) is 11.8 Å². The van der Waals surface area contributed by atoms with Gasteiger partial charge in [0.25, 0.3) is 11.6 Å². The van der Waals surface area contributed by atoms with Gasteiger partial charge in [-0.1, -0.05) is 36.4 Å². The van der Waals surface area contributed by atoms with E-state index in [4.69, 9.17) is 0 Å². The van der Waals surface area contributed by atoms with Gasteiger partial charge in [0.1, 0.15) is 0 Å². The number of benzene rings is 3. The Morgan fingerprint density at radius 2 is 1.79 bits per heavy atom. The van der Waals surface area contributed by atoms with Crippen molar-refractivity contribution in [1.29, 1.82) is 0 Å². The Bertz CT molecular complexity index is 1310. The van der Waals surface area contributed by atoms with Crippen molar-refractivity contribution in [2.24, 2.45) is 0 Å². The number of nitrogens with zero attached hydrogens (tertiary/aromatic N) is 2. The molecule has 168 valence electrons. The normalized spacial score (nSPS) is 11.0. The minimum atomic E-state index is -0.386. The maximum absolute atomic E-state index is 12.5. The van der Waals surface area contributed by atoms with E-state index in [0.717, 1.165) is 32.7 Å². The number of carbonyl (C=O) groups is 1. The number of fused-ring (bicyclic) bond motifs is 1. The summed E-state index contributed by atoms with van der Waals surface area (Å²) in [4.78, 5) is 24.1. The first kappa shape index (κ1) is 22.6. The molecule has 0 fully saturated rings. The van der Waals surface area contributed by atoms with Crippen LogP contribution in [-0.4, -0.2) is 21.9 Å². The monoisotopic (exact) mass is 459 g/mol. The number of aryl methyl sites for hydroxylation is 2. The topological polar surface area (TPSA) is 77.2 Å². The van der Waals surface area contributed by atoms with E-state index in [2.05, 4.69) is 28.2 Å². The quantitative estimate of drug-likeness (QED) is 0.202. The molecule has 3 aromatic carbocycles. The molecule has 0 spiro atoms. The molecule has 1 aromatic heterocycles. The van der Waals surface area contributed by atoms with Crippen LogP contribution in [0.4, 0.5) is 5.69 Å². The minimum Gasteiger partial charge on any atom is -0.350 e. The second-order valence-corrected chi connectivity index (χ2v) is 8.99. The Hall–Kier alpha value is -3.58. The lowest BCUT2D eigenvalue weighted by Gasteiger charge is -2.09. The van der Waals surface area contributed by atoms with Gasteiger partial charge in [-0.2, -0.15) is 0 Å². The number of thioether (sulfide) groups is 1. The molecule has 1 N–H and O–H groups in total. The van der Waals surface area contributed by atoms with Crippen molar-refractivity contribution >= 4 is 34.3 Å². The molecule has 0 saturated heterocycles. The molecule has 0 aliphatic heterocycles. The number of nitro benzene ring substituents is 1. The molecule has 0 bridgehead atoms. The van der Waals surface area contributed by atoms with Gasteiger partial charge in [0.2, 0.25) is 0 Å². The van der Waals surface area contributed by atoms with Crippen LogP contribution in [0.1, 0.15) is 27.0 Å². The van der Waals surface area contributed by atoms with Gasteiger partial charge in [-0.25, -0.2) is 0 Å². The molecule has 0 aliphatic carbocycles. The number of amides is 1. The van der Waals surface area contributed by atoms with Gasteiger partial charge >= 0.3 is 0 Å². The molecular weight excluding hydrogens is 434 g/mol. The number of nitrogens with one attached hydrogen (secondary N) is 1. The van der Waals surface area contributed by atoms with Crippen molar-refractivity contribution in [1.82, 2.24) is 9.88 Å². The highest BCUT2D eigenvalue weighted by Crippen LogP contribution is 2.32. The van der Waals surface area contributed by atoms with Crippen LogP contribution in [0, 0.1) is 24.0 Å². The summed E-state index contributed by atoms with van der Waals surface area (Å²) < 4.78 is 2.16. The summed E-state index contributed by atoms with van der Waals surface area (Å²) >= 11 is 1.70. The van der Waals surface area contributed by atoms with E-state index in [-0.39, 0.29) is 16.5 Å². The van der Waals surface area contributed by atoms with Crippen molar-refractivity contribution in [3.8, 4) is 0 Å². The highest BCUT2D eigenvalue weighted by molar-refractivity contribution is 7.98. The predicted octanol–water partition coefficient (Wildman–Crippen LogP) is 5.89. The van der Waals surface area contributed by atoms with E-state index in [9.17, 15) is 14.9 Å². The summed E-state index contributed by atoms with van der Waals surface area (Å²) in [7, 11) is 0. The van der Waals surface area contributed by atoms with Crippen LogP contribution < -0.4 is 5.32 Å². The first-order valence-corrected chi connectivity index (χ1v) is 11.7. The Kier molecular flexibility index (Phi) is 6.79. The molecule has 0 radical (unpaired) electrons. The van der Waals surface area contributed by atoms with Crippen LogP contribution in [0.3, 0.4) is 0 Å². The third-order valence-corrected chi connectivity index (χ3v) is 6.81. The second kappa shape index (κ2) is 9.92. The zero-order valence-electron chi connectivity index (χ0n) is 18.6. The lowest BCUT2D eigenvalue weighted by atomic mass is 10.1. The van der Waals surface area contributed by atoms with E-state index in [1.807, 2.05) is 44.2 Å². The van der Waals surface area contributed by atoms with Gasteiger partial charge in [-0.3, -0.25) is 14.9 Å². The zero-order chi connectivity index (χ0) is 23.4. The van der Waals surface area contributed by atoms with E-state index in [1.54, 1.807) is 23.9 Å². The summed E-state index contributed by atoms with van der Waals surface area (Å²) in [5.41, 5.74) is 5.20. The number of nitro groups is 1. The molecule has 0 saturated carbocycles. The average molecular weight is 460 g/mol. The van der Waals surface area contributed by atoms with Gasteiger partial charge in [0.05, 0.1) is 4.92 Å². The molecule has 7 heteroatoms. The molecule has 4 aromatic rings. The SMILES string of the molecule is Cc1ccc(C(=O)NCCn2cc(SCc3ccc([N+](=O)[O-])cc3)c3ccccc32)cc1C. The van der Waals surface area contributed by atoms with Gasteiger partial charge in [0, 0.05) is 58.5 Å². The number of rotatable bonds is 8. The lowest BCUT2D eigenvalue weighted by Crippen LogP contribution is -2.27. The highest BCUT2D eigenvalue weighted by atomic mass is 32.2. The summed E-state index contributed by atoms with van der Waals surface area (Å²) in [5.74, 6) is 0.650. The van der Waals surface area contributed by atoms with E-state index < -0.39 is 0 Å². The number of aromatic nitrogens is 1. The fourth-order valence-corrected chi connectivity index (χ4v) is 4.71. The van der Waals surface area contributed by atoms with Crippen LogP contribution in [0.25, 0.3) is 10.9 Å². The molecule has 0 unspecified atom stereocenters. The Morgan fingerprint density at radius 3 is 2.52 bits per heavy atom. The van der Waals surface area contributed by atoms with Gasteiger partial charge in [0.15, 0.2) is 0 Å². The number of carbonyl (C=O) groups excluding carboxylic acids is 1. The maximum atomic E-state index is 12.5. The van der Waals surface area contributed by atoms with Gasteiger partial charge in [-0.05, 0) is 48.7 Å². The van der Waals surface area contributed by atoms with Crippen LogP contribution in [-0.2, 0) is 12.3 Å². The zero-order valence-corrected chi connectivity index (χ0v) is 19.4. The number of para-hydroxylation sites is 1. The summed E-state index contributed by atoms with van der Waals surface area (Å²) in [6.45, 7) is 5.23. The molecular formula is C26H25N3O3S. The van der Waals surface area contributed by atoms with Crippen LogP contribution >= 0.6 is 11.8 Å². The predicted molar refractivity (Wildman–Crippen MR) is 133 cm³/mol. The van der Waals surface area contributed by atoms with Crippen LogP contribution in [0.15, 0.2) is 77.8 Å². The third-order valence-electron chi connectivity index (χ3n) is 5.70. The molecule has 6 nitrogen and oxygen atoms in total.